The number of pyridine rings is 1. The molecule has 0 radical (unpaired) electrons. The van der Waals surface area contributed by atoms with Crippen LogP contribution in [0.5, 0.6) is 0 Å². The average molecular weight is 402 g/mol. The molecule has 0 unspecified atom stereocenters. The molecular weight excluding hydrogens is 382 g/mol. The number of benzene rings is 1. The number of rotatable bonds is 3. The zero-order valence-electron chi connectivity index (χ0n) is 16.0. The summed E-state index contributed by atoms with van der Waals surface area (Å²) in [6.45, 7) is 7.68. The van der Waals surface area contributed by atoms with Gasteiger partial charge in [-0.1, -0.05) is 18.2 Å². The molecule has 3 aromatic rings. The summed E-state index contributed by atoms with van der Waals surface area (Å²) in [5.74, 6) is -0.680. The molecule has 2 aromatic heterocycles. The van der Waals surface area contributed by atoms with Crippen molar-refractivity contribution in [1.82, 2.24) is 8.96 Å². The maximum atomic E-state index is 14.6. The number of hydrogen-bond acceptors (Lipinski definition) is 5. The van der Waals surface area contributed by atoms with Crippen molar-refractivity contribution >= 4 is 33.6 Å². The molecule has 4 rings (SSSR count). The third-order valence-electron chi connectivity index (χ3n) is 5.41. The van der Waals surface area contributed by atoms with Crippen molar-refractivity contribution < 1.29 is 22.1 Å². The van der Waals surface area contributed by atoms with Crippen LogP contribution in [-0.4, -0.2) is 35.7 Å². The number of hydrogen-bond donors (Lipinski definition) is 0. The van der Waals surface area contributed by atoms with Crippen molar-refractivity contribution in [3.8, 4) is 0 Å². The Bertz CT molecular complexity index is 1140. The summed E-state index contributed by atoms with van der Waals surface area (Å²) in [4.78, 5) is 4.28. The number of aromatic nitrogens is 2. The summed E-state index contributed by atoms with van der Waals surface area (Å²) >= 11 is 0. The maximum absolute atomic E-state index is 14.6. The third kappa shape index (κ3) is 2.85. The molecule has 1 saturated heterocycles. The SMILES string of the molecule is CC1(C)OB(c2cnc3c(c2)c(F)cn3S(=O)(=O)c2ccccc2)OC1(C)C. The fraction of sp³-hybridized carbons (Fsp3) is 0.316. The van der Waals surface area contributed by atoms with Gasteiger partial charge in [0.15, 0.2) is 11.5 Å². The van der Waals surface area contributed by atoms with E-state index in [2.05, 4.69) is 4.98 Å². The molecular formula is C19H20BFN2O4S. The minimum Gasteiger partial charge on any atom is -0.399 e. The molecule has 1 aromatic carbocycles. The molecule has 146 valence electrons. The third-order valence-corrected chi connectivity index (χ3v) is 7.07. The smallest absolute Gasteiger partial charge is 0.399 e. The highest BCUT2D eigenvalue weighted by Gasteiger charge is 2.51. The fourth-order valence-corrected chi connectivity index (χ4v) is 4.39. The van der Waals surface area contributed by atoms with E-state index in [4.69, 9.17) is 9.31 Å². The first-order valence-electron chi connectivity index (χ1n) is 8.86. The molecule has 3 heterocycles. The molecule has 0 spiro atoms. The zero-order chi connectivity index (χ0) is 20.3. The largest absolute Gasteiger partial charge is 0.496 e. The summed E-state index contributed by atoms with van der Waals surface area (Å²) in [5.41, 5.74) is -0.553. The normalized spacial score (nSPS) is 18.7. The molecule has 0 atom stereocenters. The van der Waals surface area contributed by atoms with Gasteiger partial charge in [0.05, 0.1) is 27.7 Å². The van der Waals surface area contributed by atoms with Crippen LogP contribution in [0.1, 0.15) is 27.7 Å². The summed E-state index contributed by atoms with van der Waals surface area (Å²) in [5, 5.41) is 0.0896. The van der Waals surface area contributed by atoms with E-state index in [1.54, 1.807) is 18.2 Å². The van der Waals surface area contributed by atoms with Crippen LogP contribution in [-0.2, 0) is 19.3 Å². The lowest BCUT2D eigenvalue weighted by atomic mass is 9.80. The van der Waals surface area contributed by atoms with Gasteiger partial charge in [-0.05, 0) is 45.9 Å². The second kappa shape index (κ2) is 6.14. The van der Waals surface area contributed by atoms with Crippen molar-refractivity contribution in [3.63, 3.8) is 0 Å². The van der Waals surface area contributed by atoms with E-state index in [-0.39, 0.29) is 15.9 Å². The first-order chi connectivity index (χ1) is 13.0. The topological polar surface area (TPSA) is 70.4 Å². The van der Waals surface area contributed by atoms with E-state index < -0.39 is 34.2 Å². The molecule has 0 N–H and O–H groups in total. The highest BCUT2D eigenvalue weighted by molar-refractivity contribution is 7.90. The van der Waals surface area contributed by atoms with Crippen LogP contribution in [0.2, 0.25) is 0 Å². The van der Waals surface area contributed by atoms with Crippen molar-refractivity contribution in [2.24, 2.45) is 0 Å². The van der Waals surface area contributed by atoms with Gasteiger partial charge < -0.3 is 9.31 Å². The van der Waals surface area contributed by atoms with Crippen LogP contribution in [0.4, 0.5) is 4.39 Å². The Morgan fingerprint density at radius 1 is 1.07 bits per heavy atom. The van der Waals surface area contributed by atoms with Crippen molar-refractivity contribution in [2.75, 3.05) is 0 Å². The molecule has 1 fully saturated rings. The van der Waals surface area contributed by atoms with Gasteiger partial charge in [-0.2, -0.15) is 0 Å². The van der Waals surface area contributed by atoms with E-state index in [0.717, 1.165) is 10.2 Å². The molecule has 1 aliphatic heterocycles. The number of halogens is 1. The second-order valence-electron chi connectivity index (χ2n) is 7.82. The van der Waals surface area contributed by atoms with Crippen LogP contribution in [0.3, 0.4) is 0 Å². The lowest BCUT2D eigenvalue weighted by molar-refractivity contribution is 0.00578. The van der Waals surface area contributed by atoms with Gasteiger partial charge in [0.2, 0.25) is 0 Å². The van der Waals surface area contributed by atoms with Crippen molar-refractivity contribution in [3.05, 3.63) is 54.6 Å². The van der Waals surface area contributed by atoms with E-state index in [0.29, 0.717) is 5.46 Å². The second-order valence-corrected chi connectivity index (χ2v) is 9.63. The van der Waals surface area contributed by atoms with Crippen molar-refractivity contribution in [1.29, 1.82) is 0 Å². The van der Waals surface area contributed by atoms with Gasteiger partial charge in [0, 0.05) is 11.7 Å². The minimum atomic E-state index is -3.96. The highest BCUT2D eigenvalue weighted by atomic mass is 32.2. The van der Waals surface area contributed by atoms with Gasteiger partial charge >= 0.3 is 7.12 Å². The minimum absolute atomic E-state index is 0.0154. The molecule has 0 bridgehead atoms. The molecule has 0 aliphatic carbocycles. The van der Waals surface area contributed by atoms with E-state index >= 15 is 0 Å². The van der Waals surface area contributed by atoms with Crippen molar-refractivity contribution in [2.45, 2.75) is 43.8 Å². The number of fused-ring (bicyclic) bond motifs is 1. The lowest BCUT2D eigenvalue weighted by Crippen LogP contribution is -2.41. The Morgan fingerprint density at radius 3 is 2.29 bits per heavy atom. The summed E-state index contributed by atoms with van der Waals surface area (Å²) in [7, 11) is -4.67. The Balaban J connectivity index is 1.79. The average Bonchev–Trinajstić information content (AvgIpc) is 3.09. The van der Waals surface area contributed by atoms with Gasteiger partial charge in [-0.25, -0.2) is 21.8 Å². The first kappa shape index (κ1) is 19.1. The van der Waals surface area contributed by atoms with E-state index in [1.165, 1.54) is 24.4 Å². The Morgan fingerprint density at radius 2 is 1.68 bits per heavy atom. The van der Waals surface area contributed by atoms with Gasteiger partial charge in [-0.3, -0.25) is 0 Å². The van der Waals surface area contributed by atoms with Gasteiger partial charge in [0.25, 0.3) is 10.0 Å². The summed E-state index contributed by atoms with van der Waals surface area (Å²) < 4.78 is 53.2. The summed E-state index contributed by atoms with van der Waals surface area (Å²) in [6.07, 6.45) is 2.40. The molecule has 6 nitrogen and oxygen atoms in total. The fourth-order valence-electron chi connectivity index (χ4n) is 3.06. The zero-order valence-corrected chi connectivity index (χ0v) is 16.8. The molecule has 1 aliphatic rings. The van der Waals surface area contributed by atoms with Crippen LogP contribution < -0.4 is 5.46 Å². The molecule has 0 saturated carbocycles. The van der Waals surface area contributed by atoms with Crippen LogP contribution in [0, 0.1) is 5.82 Å². The van der Waals surface area contributed by atoms with Crippen LogP contribution in [0.15, 0.2) is 53.7 Å². The molecule has 0 amide bonds. The van der Waals surface area contributed by atoms with Crippen LogP contribution >= 0.6 is 0 Å². The summed E-state index contributed by atoms with van der Waals surface area (Å²) in [6, 6.07) is 9.37. The van der Waals surface area contributed by atoms with E-state index in [9.17, 15) is 12.8 Å². The Hall–Kier alpha value is -2.23. The monoisotopic (exact) mass is 402 g/mol. The predicted octanol–water partition coefficient (Wildman–Crippen LogP) is 2.71. The quantitative estimate of drug-likeness (QED) is 0.631. The van der Waals surface area contributed by atoms with E-state index in [1.807, 2.05) is 27.7 Å². The Labute approximate surface area is 163 Å². The first-order valence-corrected chi connectivity index (χ1v) is 10.3. The van der Waals surface area contributed by atoms with Crippen LogP contribution in [0.25, 0.3) is 11.0 Å². The molecule has 28 heavy (non-hydrogen) atoms. The lowest BCUT2D eigenvalue weighted by Gasteiger charge is -2.32. The number of nitrogens with zero attached hydrogens (tertiary/aromatic N) is 2. The maximum Gasteiger partial charge on any atom is 0.496 e. The standard InChI is InChI=1S/C19H20BFN2O4S/c1-18(2)19(3,4)27-20(26-18)13-10-15-16(21)12-23(17(15)22-11-13)28(24,25)14-8-6-5-7-9-14/h5-12H,1-4H3. The van der Waals surface area contributed by atoms with Gasteiger partial charge in [0.1, 0.15) is 0 Å². The van der Waals surface area contributed by atoms with Gasteiger partial charge in [-0.15, -0.1) is 0 Å². The predicted molar refractivity (Wildman–Crippen MR) is 104 cm³/mol. The molecule has 9 heteroatoms. The Kier molecular flexibility index (Phi) is 4.19. The highest BCUT2D eigenvalue weighted by Crippen LogP contribution is 2.36.